The Morgan fingerprint density at radius 2 is 1.54 bits per heavy atom. The molecule has 1 aromatic heterocycles. The molecule has 0 spiro atoms. The van der Waals surface area contributed by atoms with E-state index in [-0.39, 0.29) is 42.7 Å². The molecule has 132 valence electrons. The van der Waals surface area contributed by atoms with Crippen LogP contribution in [0.25, 0.3) is 0 Å². The van der Waals surface area contributed by atoms with E-state index in [2.05, 4.69) is 4.98 Å². The Morgan fingerprint density at radius 3 is 2.04 bits per heavy atom. The van der Waals surface area contributed by atoms with Crippen LogP contribution in [0.15, 0.2) is 12.1 Å². The first-order valence-electron chi connectivity index (χ1n) is 7.60. The molecule has 0 amide bonds. The van der Waals surface area contributed by atoms with E-state index in [4.69, 9.17) is 25.8 Å². The van der Waals surface area contributed by atoms with Gasteiger partial charge in [0.1, 0.15) is 5.15 Å². The number of aromatic nitrogens is 1. The molecule has 0 N–H and O–H groups in total. The number of hydrogen-bond donors (Lipinski definition) is 0. The maximum Gasteiger partial charge on any atom is 0.339 e. The van der Waals surface area contributed by atoms with E-state index < -0.39 is 23.8 Å². The molecule has 0 aromatic carbocycles. The lowest BCUT2D eigenvalue weighted by Gasteiger charge is -2.15. The maximum atomic E-state index is 12.1. The Morgan fingerprint density at radius 1 is 1.00 bits per heavy atom. The van der Waals surface area contributed by atoms with Gasteiger partial charge in [-0.2, -0.15) is 0 Å². The third-order valence-corrected chi connectivity index (χ3v) is 3.19. The number of rotatable bonds is 8. The number of hydrogen-bond acceptors (Lipinski definition) is 7. The third-order valence-electron chi connectivity index (χ3n) is 2.98. The first kappa shape index (κ1) is 19.9. The van der Waals surface area contributed by atoms with Crippen LogP contribution < -0.4 is 0 Å². The average Bonchev–Trinajstić information content (AvgIpc) is 2.53. The molecule has 0 aliphatic heterocycles. The van der Waals surface area contributed by atoms with E-state index in [0.29, 0.717) is 0 Å². The molecule has 7 nitrogen and oxygen atoms in total. The van der Waals surface area contributed by atoms with Crippen molar-refractivity contribution < 1.29 is 28.6 Å². The van der Waals surface area contributed by atoms with Gasteiger partial charge >= 0.3 is 17.9 Å². The summed E-state index contributed by atoms with van der Waals surface area (Å²) in [6.45, 7) is 5.33. The van der Waals surface area contributed by atoms with Crippen molar-refractivity contribution in [3.8, 4) is 0 Å². The van der Waals surface area contributed by atoms with E-state index in [1.165, 1.54) is 12.1 Å². The molecule has 0 aliphatic carbocycles. The van der Waals surface area contributed by atoms with Gasteiger partial charge in [0.15, 0.2) is 5.92 Å². The van der Waals surface area contributed by atoms with Crippen molar-refractivity contribution in [2.45, 2.75) is 27.2 Å². The largest absolute Gasteiger partial charge is 0.465 e. The van der Waals surface area contributed by atoms with Gasteiger partial charge in [-0.3, -0.25) is 9.59 Å². The summed E-state index contributed by atoms with van der Waals surface area (Å²) in [6.07, 6.45) is -0.174. The number of nitrogens with zero attached hydrogens (tertiary/aromatic N) is 1. The zero-order chi connectivity index (χ0) is 18.1. The Labute approximate surface area is 145 Å². The molecule has 1 aromatic rings. The lowest BCUT2D eigenvalue weighted by Crippen LogP contribution is -2.31. The summed E-state index contributed by atoms with van der Waals surface area (Å²) in [7, 11) is 0. The highest BCUT2D eigenvalue weighted by Crippen LogP contribution is 2.19. The van der Waals surface area contributed by atoms with Crippen LogP contribution in [-0.2, 0) is 30.2 Å². The van der Waals surface area contributed by atoms with E-state index in [1.54, 1.807) is 20.8 Å². The molecular formula is C16H20ClNO6. The number of halogens is 1. The van der Waals surface area contributed by atoms with Crippen LogP contribution in [0.5, 0.6) is 0 Å². The third kappa shape index (κ3) is 5.49. The summed E-state index contributed by atoms with van der Waals surface area (Å²) in [5.41, 5.74) is 0.312. The number of carbonyl (C=O) groups is 3. The van der Waals surface area contributed by atoms with E-state index in [9.17, 15) is 14.4 Å². The highest BCUT2D eigenvalue weighted by molar-refractivity contribution is 6.29. The van der Waals surface area contributed by atoms with Crippen LogP contribution in [0.2, 0.25) is 5.15 Å². The fourth-order valence-electron chi connectivity index (χ4n) is 1.97. The zero-order valence-electron chi connectivity index (χ0n) is 13.8. The van der Waals surface area contributed by atoms with Gasteiger partial charge < -0.3 is 14.2 Å². The molecule has 1 rings (SSSR count). The van der Waals surface area contributed by atoms with Crippen LogP contribution >= 0.6 is 11.6 Å². The second-order valence-electron chi connectivity index (χ2n) is 4.61. The van der Waals surface area contributed by atoms with Gasteiger partial charge in [0.05, 0.1) is 31.1 Å². The van der Waals surface area contributed by atoms with Gasteiger partial charge in [0.25, 0.3) is 0 Å². The van der Waals surface area contributed by atoms with Crippen molar-refractivity contribution >= 4 is 29.5 Å². The van der Waals surface area contributed by atoms with Gasteiger partial charge in [0.2, 0.25) is 0 Å². The van der Waals surface area contributed by atoms with Crippen molar-refractivity contribution in [3.63, 3.8) is 0 Å². The summed E-state index contributed by atoms with van der Waals surface area (Å²) in [5, 5.41) is 0.129. The van der Waals surface area contributed by atoms with E-state index >= 15 is 0 Å². The van der Waals surface area contributed by atoms with Crippen molar-refractivity contribution in [2.24, 2.45) is 5.92 Å². The van der Waals surface area contributed by atoms with Gasteiger partial charge in [-0.1, -0.05) is 11.6 Å². The monoisotopic (exact) mass is 357 g/mol. The lowest BCUT2D eigenvalue weighted by molar-refractivity contribution is -0.161. The molecule has 0 saturated heterocycles. The Balaban J connectivity index is 3.16. The van der Waals surface area contributed by atoms with Crippen LogP contribution in [-0.4, -0.2) is 42.7 Å². The SMILES string of the molecule is CCOC(=O)c1ccc(Cl)nc1CC(C(=O)OCC)C(=O)OCC. The number of esters is 3. The van der Waals surface area contributed by atoms with Crippen molar-refractivity contribution in [2.75, 3.05) is 19.8 Å². The van der Waals surface area contributed by atoms with Crippen molar-refractivity contribution in [1.82, 2.24) is 4.98 Å². The fraction of sp³-hybridized carbons (Fsp3) is 0.500. The molecule has 0 radical (unpaired) electrons. The van der Waals surface area contributed by atoms with Crippen LogP contribution in [0, 0.1) is 5.92 Å². The van der Waals surface area contributed by atoms with Gasteiger partial charge in [-0.15, -0.1) is 0 Å². The second kappa shape index (κ2) is 9.87. The highest BCUT2D eigenvalue weighted by atomic mass is 35.5. The molecule has 0 aliphatic rings. The topological polar surface area (TPSA) is 91.8 Å². The first-order valence-corrected chi connectivity index (χ1v) is 7.98. The van der Waals surface area contributed by atoms with Crippen LogP contribution in [0.4, 0.5) is 0 Å². The summed E-state index contributed by atoms with van der Waals surface area (Å²) >= 11 is 5.87. The molecule has 1 heterocycles. The Hall–Kier alpha value is -2.15. The predicted octanol–water partition coefficient (Wildman–Crippen LogP) is 2.20. The molecule has 0 bridgehead atoms. The Kier molecular flexibility index (Phi) is 8.18. The highest BCUT2D eigenvalue weighted by Gasteiger charge is 2.32. The van der Waals surface area contributed by atoms with Crippen molar-refractivity contribution in [1.29, 1.82) is 0 Å². The maximum absolute atomic E-state index is 12.1. The summed E-state index contributed by atoms with van der Waals surface area (Å²) in [4.78, 5) is 40.2. The standard InChI is InChI=1S/C16H20ClNO6/c1-4-22-14(19)10-7-8-13(17)18-12(10)9-11(15(20)23-5-2)16(21)24-6-3/h7-8,11H,4-6,9H2,1-3H3. The summed E-state index contributed by atoms with van der Waals surface area (Å²) in [6, 6.07) is 2.87. The second-order valence-corrected chi connectivity index (χ2v) is 5.00. The summed E-state index contributed by atoms with van der Waals surface area (Å²) in [5.74, 6) is -3.33. The average molecular weight is 358 g/mol. The minimum Gasteiger partial charge on any atom is -0.465 e. The summed E-state index contributed by atoms with van der Waals surface area (Å²) < 4.78 is 14.8. The van der Waals surface area contributed by atoms with E-state index in [1.807, 2.05) is 0 Å². The fourth-order valence-corrected chi connectivity index (χ4v) is 2.13. The van der Waals surface area contributed by atoms with Crippen LogP contribution in [0.1, 0.15) is 36.8 Å². The van der Waals surface area contributed by atoms with Gasteiger partial charge in [0, 0.05) is 6.42 Å². The molecule has 0 unspecified atom stereocenters. The van der Waals surface area contributed by atoms with Crippen molar-refractivity contribution in [3.05, 3.63) is 28.5 Å². The minimum absolute atomic E-state index is 0.114. The quantitative estimate of drug-likeness (QED) is 0.305. The number of pyridine rings is 1. The first-order chi connectivity index (χ1) is 11.4. The molecule has 24 heavy (non-hydrogen) atoms. The predicted molar refractivity (Wildman–Crippen MR) is 85.7 cm³/mol. The zero-order valence-corrected chi connectivity index (χ0v) is 14.6. The molecule has 0 atom stereocenters. The number of ether oxygens (including phenoxy) is 3. The molecule has 8 heteroatoms. The lowest BCUT2D eigenvalue weighted by atomic mass is 10.00. The normalized spacial score (nSPS) is 10.4. The number of carbonyl (C=O) groups excluding carboxylic acids is 3. The minimum atomic E-state index is -1.23. The van der Waals surface area contributed by atoms with Gasteiger partial charge in [-0.05, 0) is 32.9 Å². The van der Waals surface area contributed by atoms with Gasteiger partial charge in [-0.25, -0.2) is 9.78 Å². The Bertz CT molecular complexity index is 586. The molecular weight excluding hydrogens is 338 g/mol. The van der Waals surface area contributed by atoms with E-state index in [0.717, 1.165) is 0 Å². The smallest absolute Gasteiger partial charge is 0.339 e. The molecule has 0 saturated carbocycles. The molecule has 0 fully saturated rings. The van der Waals surface area contributed by atoms with Crippen LogP contribution in [0.3, 0.4) is 0 Å².